The normalized spacial score (nSPS) is 11.2. The number of rotatable bonds is 6. The van der Waals surface area contributed by atoms with E-state index < -0.39 is 11.4 Å². The third-order valence-corrected chi connectivity index (χ3v) is 3.85. The standard InChI is InChI=1S/C14H20O4S/c1-14(2,13(15)16)8-9-6-7-10(17-3)11(18-4)12(9)19-5/h6-7H,8H2,1-5H3,(H,15,16). The number of carboxylic acids is 1. The van der Waals surface area contributed by atoms with E-state index in [0.29, 0.717) is 17.9 Å². The highest BCUT2D eigenvalue weighted by Gasteiger charge is 2.29. The summed E-state index contributed by atoms with van der Waals surface area (Å²) < 4.78 is 10.6. The molecule has 5 heteroatoms. The molecule has 0 saturated carbocycles. The molecule has 1 aromatic rings. The predicted octanol–water partition coefficient (Wildman–Crippen LogP) is 3.08. The molecule has 0 aromatic heterocycles. The zero-order chi connectivity index (χ0) is 14.6. The Hall–Kier alpha value is -1.36. The summed E-state index contributed by atoms with van der Waals surface area (Å²) >= 11 is 1.53. The van der Waals surface area contributed by atoms with Gasteiger partial charge in [0.05, 0.1) is 24.5 Å². The Morgan fingerprint density at radius 2 is 1.95 bits per heavy atom. The predicted molar refractivity (Wildman–Crippen MR) is 76.4 cm³/mol. The first-order valence-electron chi connectivity index (χ1n) is 5.88. The molecular formula is C14H20O4S. The van der Waals surface area contributed by atoms with E-state index in [2.05, 4.69) is 0 Å². The number of hydrogen-bond acceptors (Lipinski definition) is 4. The number of carboxylic acid groups (broad SMARTS) is 1. The second kappa shape index (κ2) is 6.19. The molecule has 4 nitrogen and oxygen atoms in total. The number of benzene rings is 1. The van der Waals surface area contributed by atoms with Crippen molar-refractivity contribution in [3.05, 3.63) is 17.7 Å². The quantitative estimate of drug-likeness (QED) is 0.814. The summed E-state index contributed by atoms with van der Waals surface area (Å²) in [5.74, 6) is 0.506. The van der Waals surface area contributed by atoms with Crippen molar-refractivity contribution in [2.75, 3.05) is 20.5 Å². The Labute approximate surface area is 118 Å². The lowest BCUT2D eigenvalue weighted by Gasteiger charge is -2.22. The average Bonchev–Trinajstić information content (AvgIpc) is 2.37. The van der Waals surface area contributed by atoms with Crippen LogP contribution in [-0.2, 0) is 11.2 Å². The van der Waals surface area contributed by atoms with Gasteiger partial charge in [-0.1, -0.05) is 6.07 Å². The number of methoxy groups -OCH3 is 2. The van der Waals surface area contributed by atoms with Crippen LogP contribution in [0.15, 0.2) is 17.0 Å². The van der Waals surface area contributed by atoms with Crippen molar-refractivity contribution in [2.24, 2.45) is 5.41 Å². The summed E-state index contributed by atoms with van der Waals surface area (Å²) in [7, 11) is 3.17. The molecule has 1 N–H and O–H groups in total. The molecule has 0 atom stereocenters. The van der Waals surface area contributed by atoms with Gasteiger partial charge in [0.15, 0.2) is 11.5 Å². The van der Waals surface area contributed by atoms with Crippen molar-refractivity contribution in [3.63, 3.8) is 0 Å². The van der Waals surface area contributed by atoms with Gasteiger partial charge in [-0.3, -0.25) is 4.79 Å². The Morgan fingerprint density at radius 1 is 1.32 bits per heavy atom. The second-order valence-electron chi connectivity index (χ2n) is 4.86. The van der Waals surface area contributed by atoms with Crippen molar-refractivity contribution >= 4 is 17.7 Å². The van der Waals surface area contributed by atoms with E-state index in [-0.39, 0.29) is 0 Å². The van der Waals surface area contributed by atoms with Gasteiger partial charge < -0.3 is 14.6 Å². The maximum absolute atomic E-state index is 11.2. The van der Waals surface area contributed by atoms with Gasteiger partial charge in [-0.15, -0.1) is 11.8 Å². The van der Waals surface area contributed by atoms with E-state index >= 15 is 0 Å². The van der Waals surface area contributed by atoms with Crippen LogP contribution in [-0.4, -0.2) is 31.6 Å². The van der Waals surface area contributed by atoms with Crippen LogP contribution < -0.4 is 9.47 Å². The number of thioether (sulfide) groups is 1. The average molecular weight is 284 g/mol. The van der Waals surface area contributed by atoms with Gasteiger partial charge in [-0.2, -0.15) is 0 Å². The molecule has 0 radical (unpaired) electrons. The molecule has 0 amide bonds. The highest BCUT2D eigenvalue weighted by molar-refractivity contribution is 7.98. The largest absolute Gasteiger partial charge is 0.493 e. The number of aliphatic carboxylic acids is 1. The van der Waals surface area contributed by atoms with Crippen LogP contribution in [0.2, 0.25) is 0 Å². The summed E-state index contributed by atoms with van der Waals surface area (Å²) in [6, 6.07) is 3.71. The first-order chi connectivity index (χ1) is 8.87. The molecule has 0 spiro atoms. The van der Waals surface area contributed by atoms with Gasteiger partial charge in [0.25, 0.3) is 0 Å². The Bertz CT molecular complexity index is 469. The molecular weight excluding hydrogens is 264 g/mol. The van der Waals surface area contributed by atoms with Gasteiger partial charge in [0, 0.05) is 0 Å². The third-order valence-electron chi connectivity index (χ3n) is 3.00. The van der Waals surface area contributed by atoms with Crippen molar-refractivity contribution in [3.8, 4) is 11.5 Å². The summed E-state index contributed by atoms with van der Waals surface area (Å²) in [6.45, 7) is 3.44. The van der Waals surface area contributed by atoms with Gasteiger partial charge in [-0.05, 0) is 38.2 Å². The molecule has 19 heavy (non-hydrogen) atoms. The molecule has 0 bridgehead atoms. The topological polar surface area (TPSA) is 55.8 Å². The molecule has 0 fully saturated rings. The van der Waals surface area contributed by atoms with Crippen LogP contribution in [0.5, 0.6) is 11.5 Å². The number of carbonyl (C=O) groups is 1. The van der Waals surface area contributed by atoms with Crippen molar-refractivity contribution in [1.82, 2.24) is 0 Å². The van der Waals surface area contributed by atoms with Crippen molar-refractivity contribution in [1.29, 1.82) is 0 Å². The van der Waals surface area contributed by atoms with Gasteiger partial charge in [-0.25, -0.2) is 0 Å². The van der Waals surface area contributed by atoms with E-state index in [1.54, 1.807) is 28.1 Å². The maximum Gasteiger partial charge on any atom is 0.309 e. The molecule has 0 aliphatic rings. The molecule has 1 aromatic carbocycles. The van der Waals surface area contributed by atoms with Crippen LogP contribution in [0, 0.1) is 5.41 Å². The van der Waals surface area contributed by atoms with Crippen LogP contribution in [0.3, 0.4) is 0 Å². The third kappa shape index (κ3) is 3.35. The first kappa shape index (κ1) is 15.7. The SMILES string of the molecule is COc1ccc(CC(C)(C)C(=O)O)c(SC)c1OC. The van der Waals surface area contributed by atoms with E-state index in [9.17, 15) is 9.90 Å². The van der Waals surface area contributed by atoms with Crippen molar-refractivity contribution < 1.29 is 19.4 Å². The number of ether oxygens (including phenoxy) is 2. The molecule has 1 rings (SSSR count). The lowest BCUT2D eigenvalue weighted by Crippen LogP contribution is -2.26. The molecule has 0 aliphatic heterocycles. The van der Waals surface area contributed by atoms with E-state index in [0.717, 1.165) is 10.5 Å². The van der Waals surface area contributed by atoms with Crippen LogP contribution in [0.25, 0.3) is 0 Å². The lowest BCUT2D eigenvalue weighted by molar-refractivity contribution is -0.146. The Balaban J connectivity index is 3.26. The maximum atomic E-state index is 11.2. The Kier molecular flexibility index (Phi) is 5.11. The smallest absolute Gasteiger partial charge is 0.309 e. The molecule has 106 valence electrons. The zero-order valence-electron chi connectivity index (χ0n) is 11.9. The summed E-state index contributed by atoms with van der Waals surface area (Å²) in [5.41, 5.74) is 0.141. The van der Waals surface area contributed by atoms with E-state index in [1.807, 2.05) is 18.4 Å². The van der Waals surface area contributed by atoms with Gasteiger partial charge in [0.1, 0.15) is 0 Å². The first-order valence-corrected chi connectivity index (χ1v) is 7.11. The van der Waals surface area contributed by atoms with Gasteiger partial charge >= 0.3 is 5.97 Å². The molecule has 0 aliphatic carbocycles. The minimum Gasteiger partial charge on any atom is -0.493 e. The monoisotopic (exact) mass is 284 g/mol. The highest BCUT2D eigenvalue weighted by Crippen LogP contribution is 2.41. The fourth-order valence-corrected chi connectivity index (χ4v) is 2.63. The Morgan fingerprint density at radius 3 is 2.37 bits per heavy atom. The fraction of sp³-hybridized carbons (Fsp3) is 0.500. The molecule has 0 heterocycles. The number of hydrogen-bond donors (Lipinski definition) is 1. The second-order valence-corrected chi connectivity index (χ2v) is 5.68. The van der Waals surface area contributed by atoms with Crippen LogP contribution >= 0.6 is 11.8 Å². The minimum atomic E-state index is -0.815. The lowest BCUT2D eigenvalue weighted by atomic mass is 9.86. The summed E-state index contributed by atoms with van der Waals surface area (Å²) in [6.07, 6.45) is 2.38. The van der Waals surface area contributed by atoms with E-state index in [1.165, 1.54) is 11.8 Å². The van der Waals surface area contributed by atoms with Crippen LogP contribution in [0.1, 0.15) is 19.4 Å². The van der Waals surface area contributed by atoms with E-state index in [4.69, 9.17) is 9.47 Å². The molecule has 0 saturated heterocycles. The van der Waals surface area contributed by atoms with Gasteiger partial charge in [0.2, 0.25) is 0 Å². The molecule has 0 unspecified atom stereocenters. The fourth-order valence-electron chi connectivity index (χ4n) is 1.85. The van der Waals surface area contributed by atoms with Crippen molar-refractivity contribution in [2.45, 2.75) is 25.2 Å². The summed E-state index contributed by atoms with van der Waals surface area (Å²) in [5, 5.41) is 9.23. The van der Waals surface area contributed by atoms with Crippen LogP contribution in [0.4, 0.5) is 0 Å². The highest BCUT2D eigenvalue weighted by atomic mass is 32.2. The summed E-state index contributed by atoms with van der Waals surface area (Å²) in [4.78, 5) is 12.2. The zero-order valence-corrected chi connectivity index (χ0v) is 12.8. The minimum absolute atomic E-state index is 0.443.